The zero-order chi connectivity index (χ0) is 21.6. The van der Waals surface area contributed by atoms with E-state index >= 15 is 0 Å². The highest BCUT2D eigenvalue weighted by Crippen LogP contribution is 2.21. The molecule has 0 saturated carbocycles. The standard InChI is InChI=1S/C22H27N3O4S/c23-21(26)16-18-4-9-19(10-5-18)24-22(27)13-8-17-6-11-20(12-7-17)30(28,29)25-14-2-1-3-15-25/h4-7,9-12H,1-3,8,13-16H2,(H2,23,26)(H,24,27). The van der Waals surface area contributed by atoms with Gasteiger partial charge in [-0.3, -0.25) is 9.59 Å². The number of benzene rings is 2. The summed E-state index contributed by atoms with van der Waals surface area (Å²) in [5.74, 6) is -0.538. The topological polar surface area (TPSA) is 110 Å². The van der Waals surface area contributed by atoms with Gasteiger partial charge in [-0.1, -0.05) is 30.7 Å². The number of hydrogen-bond acceptors (Lipinski definition) is 4. The van der Waals surface area contributed by atoms with E-state index in [0.717, 1.165) is 30.4 Å². The fourth-order valence-corrected chi connectivity index (χ4v) is 4.99. The summed E-state index contributed by atoms with van der Waals surface area (Å²) in [6.07, 6.45) is 3.83. The molecule has 1 aliphatic rings. The second kappa shape index (κ2) is 9.86. The molecule has 0 aromatic heterocycles. The van der Waals surface area contributed by atoms with Gasteiger partial charge in [0, 0.05) is 25.2 Å². The van der Waals surface area contributed by atoms with Crippen LogP contribution in [0.3, 0.4) is 0 Å². The van der Waals surface area contributed by atoms with Gasteiger partial charge in [0.1, 0.15) is 0 Å². The van der Waals surface area contributed by atoms with E-state index in [1.165, 1.54) is 0 Å². The first-order valence-corrected chi connectivity index (χ1v) is 11.5. The van der Waals surface area contributed by atoms with Crippen LogP contribution in [0.2, 0.25) is 0 Å². The highest BCUT2D eigenvalue weighted by atomic mass is 32.2. The second-order valence-corrected chi connectivity index (χ2v) is 9.43. The molecule has 2 amide bonds. The molecular formula is C22H27N3O4S. The van der Waals surface area contributed by atoms with E-state index < -0.39 is 15.9 Å². The smallest absolute Gasteiger partial charge is 0.243 e. The van der Waals surface area contributed by atoms with Gasteiger partial charge in [-0.2, -0.15) is 4.31 Å². The third-order valence-corrected chi connectivity index (χ3v) is 7.05. The number of carbonyl (C=O) groups excluding carboxylic acids is 2. The van der Waals surface area contributed by atoms with Crippen molar-refractivity contribution in [2.24, 2.45) is 5.73 Å². The average molecular weight is 430 g/mol. The number of nitrogens with one attached hydrogen (secondary N) is 1. The molecule has 0 spiro atoms. The summed E-state index contributed by atoms with van der Waals surface area (Å²) >= 11 is 0. The SMILES string of the molecule is NC(=O)Cc1ccc(NC(=O)CCc2ccc(S(=O)(=O)N3CCCCC3)cc2)cc1. The summed E-state index contributed by atoms with van der Waals surface area (Å²) in [5.41, 5.74) is 7.51. The number of primary amides is 1. The molecule has 160 valence electrons. The summed E-state index contributed by atoms with van der Waals surface area (Å²) in [5, 5.41) is 2.81. The molecule has 1 aliphatic heterocycles. The molecule has 1 fully saturated rings. The number of hydrogen-bond donors (Lipinski definition) is 2. The van der Waals surface area contributed by atoms with Crippen LogP contribution in [0.5, 0.6) is 0 Å². The first kappa shape index (κ1) is 22.0. The van der Waals surface area contributed by atoms with E-state index in [1.807, 2.05) is 0 Å². The molecule has 2 aromatic rings. The summed E-state index contributed by atoms with van der Waals surface area (Å²) in [7, 11) is -3.44. The first-order chi connectivity index (χ1) is 14.3. The van der Waals surface area contributed by atoms with Gasteiger partial charge >= 0.3 is 0 Å². The molecule has 7 nitrogen and oxygen atoms in total. The van der Waals surface area contributed by atoms with Crippen molar-refractivity contribution in [3.8, 4) is 0 Å². The highest BCUT2D eigenvalue weighted by Gasteiger charge is 2.25. The maximum atomic E-state index is 12.7. The molecule has 0 bridgehead atoms. The van der Waals surface area contributed by atoms with Crippen molar-refractivity contribution < 1.29 is 18.0 Å². The average Bonchev–Trinajstić information content (AvgIpc) is 2.74. The largest absolute Gasteiger partial charge is 0.369 e. The maximum Gasteiger partial charge on any atom is 0.243 e. The fraction of sp³-hybridized carbons (Fsp3) is 0.364. The summed E-state index contributed by atoms with van der Waals surface area (Å²) in [6.45, 7) is 1.15. The van der Waals surface area contributed by atoms with E-state index in [9.17, 15) is 18.0 Å². The van der Waals surface area contributed by atoms with Crippen LogP contribution in [0.25, 0.3) is 0 Å². The third kappa shape index (κ3) is 5.90. The van der Waals surface area contributed by atoms with Gasteiger partial charge in [-0.25, -0.2) is 8.42 Å². The molecule has 0 unspecified atom stereocenters. The number of nitrogens with zero attached hydrogens (tertiary/aromatic N) is 1. The number of piperidine rings is 1. The number of anilines is 1. The third-order valence-electron chi connectivity index (χ3n) is 5.13. The lowest BCUT2D eigenvalue weighted by Gasteiger charge is -2.25. The molecule has 0 atom stereocenters. The number of carbonyl (C=O) groups is 2. The Kier molecular flexibility index (Phi) is 7.23. The Morgan fingerprint density at radius 2 is 1.50 bits per heavy atom. The second-order valence-electron chi connectivity index (χ2n) is 7.50. The minimum Gasteiger partial charge on any atom is -0.369 e. The molecule has 2 aromatic carbocycles. The molecule has 1 heterocycles. The molecule has 30 heavy (non-hydrogen) atoms. The quantitative estimate of drug-likeness (QED) is 0.672. The van der Waals surface area contributed by atoms with Crippen molar-refractivity contribution >= 4 is 27.5 Å². The summed E-state index contributed by atoms with van der Waals surface area (Å²) in [4.78, 5) is 23.4. The molecule has 1 saturated heterocycles. The predicted octanol–water partition coefficient (Wildman–Crippen LogP) is 2.46. The Morgan fingerprint density at radius 1 is 0.900 bits per heavy atom. The van der Waals surface area contributed by atoms with Crippen molar-refractivity contribution in [3.63, 3.8) is 0 Å². The van der Waals surface area contributed by atoms with Gasteiger partial charge in [0.25, 0.3) is 0 Å². The van der Waals surface area contributed by atoms with E-state index in [4.69, 9.17) is 5.73 Å². The van der Waals surface area contributed by atoms with Crippen LogP contribution in [0.4, 0.5) is 5.69 Å². The number of amides is 2. The maximum absolute atomic E-state index is 12.7. The molecule has 3 N–H and O–H groups in total. The van der Waals surface area contributed by atoms with Crippen molar-refractivity contribution in [3.05, 3.63) is 59.7 Å². The Hall–Kier alpha value is -2.71. The van der Waals surface area contributed by atoms with Gasteiger partial charge in [0.05, 0.1) is 11.3 Å². The Balaban J connectivity index is 1.52. The van der Waals surface area contributed by atoms with Gasteiger partial charge < -0.3 is 11.1 Å². The predicted molar refractivity (Wildman–Crippen MR) is 115 cm³/mol. The normalized spacial score (nSPS) is 14.9. The van der Waals surface area contributed by atoms with Crippen LogP contribution in [-0.2, 0) is 32.5 Å². The fourth-order valence-electron chi connectivity index (χ4n) is 3.47. The van der Waals surface area contributed by atoms with Gasteiger partial charge in [0.2, 0.25) is 21.8 Å². The highest BCUT2D eigenvalue weighted by molar-refractivity contribution is 7.89. The van der Waals surface area contributed by atoms with Crippen molar-refractivity contribution in [1.82, 2.24) is 4.31 Å². The van der Waals surface area contributed by atoms with Gasteiger partial charge in [0.15, 0.2) is 0 Å². The number of sulfonamides is 1. The molecule has 0 aliphatic carbocycles. The van der Waals surface area contributed by atoms with Crippen LogP contribution < -0.4 is 11.1 Å². The lowest BCUT2D eigenvalue weighted by Crippen LogP contribution is -2.35. The van der Waals surface area contributed by atoms with Crippen LogP contribution in [0.15, 0.2) is 53.4 Å². The van der Waals surface area contributed by atoms with E-state index in [-0.39, 0.29) is 18.7 Å². The summed E-state index contributed by atoms with van der Waals surface area (Å²) in [6, 6.07) is 13.7. The molecular weight excluding hydrogens is 402 g/mol. The lowest BCUT2D eigenvalue weighted by molar-refractivity contribution is -0.117. The molecule has 8 heteroatoms. The minimum atomic E-state index is -3.44. The van der Waals surface area contributed by atoms with Crippen LogP contribution in [0.1, 0.15) is 36.8 Å². The Morgan fingerprint density at radius 3 is 2.10 bits per heavy atom. The van der Waals surface area contributed by atoms with Crippen LogP contribution in [-0.4, -0.2) is 37.6 Å². The van der Waals surface area contributed by atoms with E-state index in [0.29, 0.717) is 30.1 Å². The zero-order valence-electron chi connectivity index (χ0n) is 16.8. The summed E-state index contributed by atoms with van der Waals surface area (Å²) < 4.78 is 26.9. The molecule has 3 rings (SSSR count). The zero-order valence-corrected chi connectivity index (χ0v) is 17.7. The van der Waals surface area contributed by atoms with Crippen molar-refractivity contribution in [2.45, 2.75) is 43.4 Å². The van der Waals surface area contributed by atoms with Crippen molar-refractivity contribution in [2.75, 3.05) is 18.4 Å². The van der Waals surface area contributed by atoms with Gasteiger partial charge in [-0.15, -0.1) is 0 Å². The minimum absolute atomic E-state index is 0.136. The Labute approximate surface area is 177 Å². The number of rotatable bonds is 8. The van der Waals surface area contributed by atoms with Crippen LogP contribution in [0, 0.1) is 0 Å². The lowest BCUT2D eigenvalue weighted by atomic mass is 10.1. The first-order valence-electron chi connectivity index (χ1n) is 10.1. The van der Waals surface area contributed by atoms with E-state index in [2.05, 4.69) is 5.32 Å². The monoisotopic (exact) mass is 429 g/mol. The van der Waals surface area contributed by atoms with Crippen LogP contribution >= 0.6 is 0 Å². The number of aryl methyl sites for hydroxylation is 1. The van der Waals surface area contributed by atoms with Crippen molar-refractivity contribution in [1.29, 1.82) is 0 Å². The molecule has 0 radical (unpaired) electrons. The van der Waals surface area contributed by atoms with Gasteiger partial charge in [-0.05, 0) is 54.7 Å². The Bertz CT molecular complexity index is 980. The van der Waals surface area contributed by atoms with E-state index in [1.54, 1.807) is 52.8 Å². The number of nitrogens with two attached hydrogens (primary N) is 1.